The normalized spacial score (nSPS) is 19.9. The summed E-state index contributed by atoms with van der Waals surface area (Å²) < 4.78 is 12.9. The van der Waals surface area contributed by atoms with Crippen LogP contribution >= 0.6 is 12.4 Å². The number of nitrogens with one attached hydrogen (secondary N) is 1. The number of amides is 1. The summed E-state index contributed by atoms with van der Waals surface area (Å²) in [4.78, 5) is 14.2. The van der Waals surface area contributed by atoms with Crippen molar-refractivity contribution >= 4 is 18.3 Å². The first kappa shape index (κ1) is 17.9. The molecular formula is C15H23ClFN3O. The molecule has 6 heteroatoms. The predicted octanol–water partition coefficient (Wildman–Crippen LogP) is 1.85. The highest BCUT2D eigenvalue weighted by atomic mass is 35.5. The van der Waals surface area contributed by atoms with E-state index in [0.29, 0.717) is 19.1 Å². The summed E-state index contributed by atoms with van der Waals surface area (Å²) in [6.45, 7) is 3.81. The van der Waals surface area contributed by atoms with Gasteiger partial charge in [-0.15, -0.1) is 12.4 Å². The third-order valence-corrected chi connectivity index (χ3v) is 3.87. The number of hydrogen-bond donors (Lipinski definition) is 2. The number of carbonyl (C=O) groups excluding carboxylic acids is 1. The minimum Gasteiger partial charge on any atom is -0.348 e. The monoisotopic (exact) mass is 315 g/mol. The van der Waals surface area contributed by atoms with Crippen LogP contribution in [0.2, 0.25) is 0 Å². The molecule has 0 saturated carbocycles. The summed E-state index contributed by atoms with van der Waals surface area (Å²) in [7, 11) is 0. The van der Waals surface area contributed by atoms with Crippen molar-refractivity contribution in [2.75, 3.05) is 19.6 Å². The highest BCUT2D eigenvalue weighted by Gasteiger charge is 2.25. The predicted molar refractivity (Wildman–Crippen MR) is 83.9 cm³/mol. The number of rotatable bonds is 5. The minimum absolute atomic E-state index is 0. The van der Waals surface area contributed by atoms with Crippen LogP contribution in [0, 0.1) is 5.82 Å². The molecule has 1 fully saturated rings. The van der Waals surface area contributed by atoms with Gasteiger partial charge in [0.05, 0.1) is 12.6 Å². The topological polar surface area (TPSA) is 58.4 Å². The average Bonchev–Trinajstić information content (AvgIpc) is 2.86. The van der Waals surface area contributed by atoms with Gasteiger partial charge in [-0.25, -0.2) is 4.39 Å². The van der Waals surface area contributed by atoms with Crippen molar-refractivity contribution in [3.8, 4) is 0 Å². The van der Waals surface area contributed by atoms with Crippen LogP contribution < -0.4 is 11.1 Å². The fourth-order valence-electron chi connectivity index (χ4n) is 2.68. The van der Waals surface area contributed by atoms with Crippen molar-refractivity contribution in [3.05, 3.63) is 35.6 Å². The largest absolute Gasteiger partial charge is 0.348 e. The maximum absolute atomic E-state index is 12.9. The van der Waals surface area contributed by atoms with E-state index < -0.39 is 0 Å². The number of likely N-dealkylation sites (tertiary alicyclic amines) is 1. The number of halogens is 2. The number of carbonyl (C=O) groups is 1. The third kappa shape index (κ3) is 4.95. The van der Waals surface area contributed by atoms with Gasteiger partial charge in [-0.05, 0) is 44.0 Å². The molecule has 2 atom stereocenters. The van der Waals surface area contributed by atoms with Gasteiger partial charge >= 0.3 is 0 Å². The number of nitrogens with two attached hydrogens (primary N) is 1. The summed E-state index contributed by atoms with van der Waals surface area (Å²) in [5, 5.41) is 2.94. The van der Waals surface area contributed by atoms with Crippen LogP contribution in [0.15, 0.2) is 24.3 Å². The Morgan fingerprint density at radius 2 is 2.14 bits per heavy atom. The molecule has 0 aliphatic carbocycles. The van der Waals surface area contributed by atoms with Gasteiger partial charge in [0, 0.05) is 12.6 Å². The number of benzene rings is 1. The first-order valence-corrected chi connectivity index (χ1v) is 7.09. The smallest absolute Gasteiger partial charge is 0.234 e. The molecule has 0 radical (unpaired) electrons. The second-order valence-corrected chi connectivity index (χ2v) is 5.34. The molecule has 1 amide bonds. The van der Waals surface area contributed by atoms with Crippen molar-refractivity contribution in [1.82, 2.24) is 10.2 Å². The molecule has 21 heavy (non-hydrogen) atoms. The number of hydrogen-bond acceptors (Lipinski definition) is 3. The van der Waals surface area contributed by atoms with Gasteiger partial charge < -0.3 is 11.1 Å². The lowest BCUT2D eigenvalue weighted by molar-refractivity contribution is -0.123. The zero-order chi connectivity index (χ0) is 14.5. The van der Waals surface area contributed by atoms with Gasteiger partial charge in [0.1, 0.15) is 5.82 Å². The Balaban J connectivity index is 0.00000220. The minimum atomic E-state index is -0.268. The summed E-state index contributed by atoms with van der Waals surface area (Å²) in [6.07, 6.45) is 2.17. The van der Waals surface area contributed by atoms with Crippen LogP contribution in [0.3, 0.4) is 0 Å². The molecule has 118 valence electrons. The van der Waals surface area contributed by atoms with Crippen molar-refractivity contribution in [2.45, 2.75) is 31.8 Å². The van der Waals surface area contributed by atoms with E-state index in [1.165, 1.54) is 12.1 Å². The Morgan fingerprint density at radius 1 is 1.48 bits per heavy atom. The maximum Gasteiger partial charge on any atom is 0.234 e. The Morgan fingerprint density at radius 3 is 2.76 bits per heavy atom. The molecule has 4 nitrogen and oxygen atoms in total. The Labute approximate surface area is 131 Å². The highest BCUT2D eigenvalue weighted by molar-refractivity contribution is 5.85. The second kappa shape index (κ2) is 8.32. The van der Waals surface area contributed by atoms with Gasteiger partial charge in [0.15, 0.2) is 0 Å². The maximum atomic E-state index is 12.9. The van der Waals surface area contributed by atoms with Crippen LogP contribution in [0.25, 0.3) is 0 Å². The second-order valence-electron chi connectivity index (χ2n) is 5.34. The number of nitrogens with zero attached hydrogens (tertiary/aromatic N) is 1. The molecule has 0 bridgehead atoms. The van der Waals surface area contributed by atoms with Gasteiger partial charge in [0.2, 0.25) is 5.91 Å². The van der Waals surface area contributed by atoms with Crippen molar-refractivity contribution in [3.63, 3.8) is 0 Å². The summed E-state index contributed by atoms with van der Waals surface area (Å²) in [5.74, 6) is -0.280. The molecule has 3 N–H and O–H groups in total. The Kier molecular flexibility index (Phi) is 7.08. The molecule has 1 heterocycles. The molecule has 1 aliphatic heterocycles. The molecule has 0 spiro atoms. The molecule has 1 aromatic carbocycles. The fourth-order valence-corrected chi connectivity index (χ4v) is 2.68. The first-order chi connectivity index (χ1) is 9.60. The van der Waals surface area contributed by atoms with Crippen molar-refractivity contribution < 1.29 is 9.18 Å². The summed E-state index contributed by atoms with van der Waals surface area (Å²) in [6, 6.07) is 6.40. The van der Waals surface area contributed by atoms with E-state index in [2.05, 4.69) is 10.2 Å². The fraction of sp³-hybridized carbons (Fsp3) is 0.533. The van der Waals surface area contributed by atoms with E-state index in [0.717, 1.165) is 24.9 Å². The highest BCUT2D eigenvalue weighted by Crippen LogP contribution is 2.16. The molecule has 0 aromatic heterocycles. The average molecular weight is 316 g/mol. The van der Waals surface area contributed by atoms with E-state index in [4.69, 9.17) is 5.73 Å². The zero-order valence-corrected chi connectivity index (χ0v) is 13.0. The molecule has 2 rings (SSSR count). The third-order valence-electron chi connectivity index (χ3n) is 3.87. The lowest BCUT2D eigenvalue weighted by Crippen LogP contribution is -2.43. The van der Waals surface area contributed by atoms with Crippen LogP contribution in [0.1, 0.15) is 31.4 Å². The van der Waals surface area contributed by atoms with Gasteiger partial charge in [-0.2, -0.15) is 0 Å². The van der Waals surface area contributed by atoms with E-state index in [1.807, 2.05) is 6.92 Å². The summed E-state index contributed by atoms with van der Waals surface area (Å²) >= 11 is 0. The molecule has 1 saturated heterocycles. The van der Waals surface area contributed by atoms with Crippen LogP contribution in [-0.4, -0.2) is 36.5 Å². The van der Waals surface area contributed by atoms with Crippen LogP contribution in [0.5, 0.6) is 0 Å². The quantitative estimate of drug-likeness (QED) is 0.872. The van der Waals surface area contributed by atoms with E-state index in [1.54, 1.807) is 12.1 Å². The van der Waals surface area contributed by atoms with Gasteiger partial charge in [0.25, 0.3) is 0 Å². The first-order valence-electron chi connectivity index (χ1n) is 7.09. The van der Waals surface area contributed by atoms with E-state index in [-0.39, 0.29) is 30.2 Å². The Hall–Kier alpha value is -1.17. The standard InChI is InChI=1S/C15H22FN3O.ClH/c1-11(12-4-6-13(16)7-5-12)18-15(20)10-19-8-2-3-14(19)9-17;/h4-7,11,14H,2-3,8-10,17H2,1H3,(H,18,20);1H. The molecule has 1 aromatic rings. The van der Waals surface area contributed by atoms with Crippen LogP contribution in [0.4, 0.5) is 4.39 Å². The molecular weight excluding hydrogens is 293 g/mol. The lowest BCUT2D eigenvalue weighted by atomic mass is 10.1. The SMILES string of the molecule is CC(NC(=O)CN1CCCC1CN)c1ccc(F)cc1.Cl. The molecule has 1 aliphatic rings. The molecule has 2 unspecified atom stereocenters. The zero-order valence-electron chi connectivity index (χ0n) is 12.2. The Bertz CT molecular complexity index is 455. The van der Waals surface area contributed by atoms with Crippen molar-refractivity contribution in [1.29, 1.82) is 0 Å². The lowest BCUT2D eigenvalue weighted by Gasteiger charge is -2.23. The van der Waals surface area contributed by atoms with Crippen LogP contribution in [-0.2, 0) is 4.79 Å². The van der Waals surface area contributed by atoms with Gasteiger partial charge in [-0.1, -0.05) is 12.1 Å². The van der Waals surface area contributed by atoms with Gasteiger partial charge in [-0.3, -0.25) is 9.69 Å². The van der Waals surface area contributed by atoms with E-state index >= 15 is 0 Å². The van der Waals surface area contributed by atoms with E-state index in [9.17, 15) is 9.18 Å². The van der Waals surface area contributed by atoms with Crippen molar-refractivity contribution in [2.24, 2.45) is 5.73 Å². The summed E-state index contributed by atoms with van der Waals surface area (Å²) in [5.41, 5.74) is 6.60.